The van der Waals surface area contributed by atoms with E-state index in [2.05, 4.69) is 4.90 Å². The van der Waals surface area contributed by atoms with Gasteiger partial charge in [0.05, 0.1) is 16.3 Å². The number of rotatable bonds is 3. The van der Waals surface area contributed by atoms with Crippen LogP contribution in [0.3, 0.4) is 0 Å². The Labute approximate surface area is 102 Å². The zero-order valence-electron chi connectivity index (χ0n) is 9.96. The Kier molecular flexibility index (Phi) is 3.40. The lowest BCUT2D eigenvalue weighted by molar-refractivity contribution is 0.568. The Bertz CT molecular complexity index is 499. The number of nitrogens with two attached hydrogens (primary N) is 1. The van der Waals surface area contributed by atoms with E-state index >= 15 is 0 Å². The minimum atomic E-state index is -3.12. The van der Waals surface area contributed by atoms with Gasteiger partial charge >= 0.3 is 0 Å². The standard InChI is InChI=1S/C12H18N2O2S/c1-10-9-17(15,16)12-6-3-2-5-11(12)14(10)8-4-7-13/h2-3,5-6,10H,4,7-9,13H2,1H3. The summed E-state index contributed by atoms with van der Waals surface area (Å²) in [6, 6.07) is 7.22. The molecule has 5 heteroatoms. The molecule has 1 heterocycles. The number of benzene rings is 1. The van der Waals surface area contributed by atoms with Crippen LogP contribution in [0.15, 0.2) is 29.2 Å². The predicted octanol–water partition coefficient (Wildman–Crippen LogP) is 1.02. The van der Waals surface area contributed by atoms with E-state index < -0.39 is 9.84 Å². The summed E-state index contributed by atoms with van der Waals surface area (Å²) in [6.07, 6.45) is 0.874. The molecule has 0 aliphatic carbocycles. The van der Waals surface area contributed by atoms with Gasteiger partial charge in [-0.1, -0.05) is 12.1 Å². The molecule has 94 valence electrons. The molecule has 0 spiro atoms. The van der Waals surface area contributed by atoms with Crippen molar-refractivity contribution < 1.29 is 8.42 Å². The summed E-state index contributed by atoms with van der Waals surface area (Å²) in [5.74, 6) is 0.189. The van der Waals surface area contributed by atoms with Crippen molar-refractivity contribution in [1.29, 1.82) is 0 Å². The van der Waals surface area contributed by atoms with Gasteiger partial charge in [0.1, 0.15) is 0 Å². The quantitative estimate of drug-likeness (QED) is 0.874. The molecular formula is C12H18N2O2S. The van der Waals surface area contributed by atoms with Crippen LogP contribution in [0, 0.1) is 0 Å². The van der Waals surface area contributed by atoms with Gasteiger partial charge in [0.2, 0.25) is 0 Å². The van der Waals surface area contributed by atoms with Crippen LogP contribution >= 0.6 is 0 Å². The van der Waals surface area contributed by atoms with E-state index in [9.17, 15) is 8.42 Å². The lowest BCUT2D eigenvalue weighted by Crippen LogP contribution is -2.43. The second-order valence-electron chi connectivity index (χ2n) is 4.43. The van der Waals surface area contributed by atoms with Crippen molar-refractivity contribution in [3.8, 4) is 0 Å². The van der Waals surface area contributed by atoms with Crippen LogP contribution in [0.25, 0.3) is 0 Å². The number of anilines is 1. The first-order valence-corrected chi connectivity index (χ1v) is 7.50. The number of hydrogen-bond acceptors (Lipinski definition) is 4. The van der Waals surface area contributed by atoms with E-state index in [1.54, 1.807) is 12.1 Å². The molecule has 0 aromatic heterocycles. The molecule has 1 aliphatic heterocycles. The van der Waals surface area contributed by atoms with Gasteiger partial charge in [-0.15, -0.1) is 0 Å². The molecule has 2 N–H and O–H groups in total. The second kappa shape index (κ2) is 4.66. The van der Waals surface area contributed by atoms with Crippen LogP contribution in [0.2, 0.25) is 0 Å². The van der Waals surface area contributed by atoms with Crippen molar-refractivity contribution in [2.45, 2.75) is 24.3 Å². The Balaban J connectivity index is 2.43. The van der Waals surface area contributed by atoms with Crippen LogP contribution in [0.5, 0.6) is 0 Å². The minimum Gasteiger partial charge on any atom is -0.367 e. The highest BCUT2D eigenvalue weighted by Crippen LogP contribution is 2.32. The van der Waals surface area contributed by atoms with Gasteiger partial charge in [-0.25, -0.2) is 8.42 Å². The molecule has 0 saturated carbocycles. The summed E-state index contributed by atoms with van der Waals surface area (Å²) in [6.45, 7) is 3.38. The lowest BCUT2D eigenvalue weighted by atomic mass is 10.2. The third-order valence-electron chi connectivity index (χ3n) is 3.11. The van der Waals surface area contributed by atoms with Crippen molar-refractivity contribution in [1.82, 2.24) is 0 Å². The molecule has 0 amide bonds. The SMILES string of the molecule is CC1CS(=O)(=O)c2ccccc2N1CCCN. The van der Waals surface area contributed by atoms with E-state index in [1.165, 1.54) is 0 Å². The highest BCUT2D eigenvalue weighted by Gasteiger charge is 2.32. The van der Waals surface area contributed by atoms with Crippen molar-refractivity contribution in [2.24, 2.45) is 5.73 Å². The third kappa shape index (κ3) is 2.30. The van der Waals surface area contributed by atoms with Crippen molar-refractivity contribution in [2.75, 3.05) is 23.7 Å². The summed E-state index contributed by atoms with van der Waals surface area (Å²) in [5.41, 5.74) is 6.34. The molecule has 0 radical (unpaired) electrons. The van der Waals surface area contributed by atoms with Gasteiger partial charge in [0.15, 0.2) is 9.84 Å². The van der Waals surface area contributed by atoms with Crippen molar-refractivity contribution >= 4 is 15.5 Å². The normalized spacial score (nSPS) is 22.2. The molecule has 4 nitrogen and oxygen atoms in total. The molecule has 1 aromatic carbocycles. The number of hydrogen-bond donors (Lipinski definition) is 1. The Morgan fingerprint density at radius 2 is 2.12 bits per heavy atom. The molecule has 1 atom stereocenters. The van der Waals surface area contributed by atoms with Gasteiger partial charge in [-0.2, -0.15) is 0 Å². The van der Waals surface area contributed by atoms with Crippen LogP contribution in [0.4, 0.5) is 5.69 Å². The molecular weight excluding hydrogens is 236 g/mol. The Morgan fingerprint density at radius 3 is 2.82 bits per heavy atom. The third-order valence-corrected chi connectivity index (χ3v) is 5.04. The summed E-state index contributed by atoms with van der Waals surface area (Å²) in [5, 5.41) is 0. The number of nitrogens with zero attached hydrogens (tertiary/aromatic N) is 1. The van der Waals surface area contributed by atoms with Crippen LogP contribution in [-0.4, -0.2) is 33.3 Å². The van der Waals surface area contributed by atoms with E-state index in [0.717, 1.165) is 18.7 Å². The maximum atomic E-state index is 12.1. The van der Waals surface area contributed by atoms with Crippen LogP contribution in [0.1, 0.15) is 13.3 Å². The fourth-order valence-electron chi connectivity index (χ4n) is 2.29. The van der Waals surface area contributed by atoms with Crippen molar-refractivity contribution in [3.05, 3.63) is 24.3 Å². The molecule has 1 aromatic rings. The fourth-order valence-corrected chi connectivity index (χ4v) is 4.08. The average Bonchev–Trinajstić information content (AvgIpc) is 2.28. The molecule has 17 heavy (non-hydrogen) atoms. The lowest BCUT2D eigenvalue weighted by Gasteiger charge is -2.36. The van der Waals surface area contributed by atoms with E-state index in [0.29, 0.717) is 11.4 Å². The summed E-state index contributed by atoms with van der Waals surface area (Å²) >= 11 is 0. The smallest absolute Gasteiger partial charge is 0.182 e. The molecule has 1 unspecified atom stereocenters. The van der Waals surface area contributed by atoms with E-state index in [-0.39, 0.29) is 11.8 Å². The predicted molar refractivity (Wildman–Crippen MR) is 69.0 cm³/mol. The number of sulfone groups is 1. The zero-order chi connectivity index (χ0) is 12.5. The Hall–Kier alpha value is -1.07. The maximum Gasteiger partial charge on any atom is 0.182 e. The van der Waals surface area contributed by atoms with Gasteiger partial charge in [-0.05, 0) is 32.0 Å². The minimum absolute atomic E-state index is 0.0152. The summed E-state index contributed by atoms with van der Waals surface area (Å²) in [4.78, 5) is 2.60. The zero-order valence-corrected chi connectivity index (χ0v) is 10.8. The number of para-hydroxylation sites is 1. The highest BCUT2D eigenvalue weighted by molar-refractivity contribution is 7.91. The van der Waals surface area contributed by atoms with E-state index in [4.69, 9.17) is 5.73 Å². The average molecular weight is 254 g/mol. The molecule has 0 bridgehead atoms. The molecule has 0 fully saturated rings. The van der Waals surface area contributed by atoms with Gasteiger partial charge in [-0.3, -0.25) is 0 Å². The van der Waals surface area contributed by atoms with Gasteiger partial charge in [0.25, 0.3) is 0 Å². The highest BCUT2D eigenvalue weighted by atomic mass is 32.2. The number of fused-ring (bicyclic) bond motifs is 1. The topological polar surface area (TPSA) is 63.4 Å². The molecule has 1 aliphatic rings. The van der Waals surface area contributed by atoms with Gasteiger partial charge in [0, 0.05) is 12.6 Å². The van der Waals surface area contributed by atoms with Crippen LogP contribution < -0.4 is 10.6 Å². The summed E-state index contributed by atoms with van der Waals surface area (Å²) in [7, 11) is -3.12. The monoisotopic (exact) mass is 254 g/mol. The van der Waals surface area contributed by atoms with E-state index in [1.807, 2.05) is 19.1 Å². The largest absolute Gasteiger partial charge is 0.367 e. The fraction of sp³-hybridized carbons (Fsp3) is 0.500. The summed E-state index contributed by atoms with van der Waals surface area (Å²) < 4.78 is 24.1. The molecule has 0 saturated heterocycles. The van der Waals surface area contributed by atoms with Gasteiger partial charge < -0.3 is 10.6 Å². The van der Waals surface area contributed by atoms with Crippen LogP contribution in [-0.2, 0) is 9.84 Å². The Morgan fingerprint density at radius 1 is 1.41 bits per heavy atom. The van der Waals surface area contributed by atoms with Crippen molar-refractivity contribution in [3.63, 3.8) is 0 Å². The first kappa shape index (κ1) is 12.4. The maximum absolute atomic E-state index is 12.1. The first-order valence-electron chi connectivity index (χ1n) is 5.85. The second-order valence-corrected chi connectivity index (χ2v) is 6.44. The first-order chi connectivity index (χ1) is 8.06. The molecule has 2 rings (SSSR count).